The summed E-state index contributed by atoms with van der Waals surface area (Å²) in [5.74, 6) is 0. The van der Waals surface area contributed by atoms with E-state index in [1.165, 1.54) is 62.7 Å². The molecule has 0 aromatic carbocycles. The summed E-state index contributed by atoms with van der Waals surface area (Å²) in [7, 11) is -0.0849. The second kappa shape index (κ2) is 40.1. The first-order valence-electron chi connectivity index (χ1n) is 20.6. The van der Waals surface area contributed by atoms with E-state index >= 15 is 0 Å². The molecule has 1 rings (SSSR count). The molecule has 0 bridgehead atoms. The van der Waals surface area contributed by atoms with Crippen LogP contribution in [0.4, 0.5) is 0 Å². The maximum atomic E-state index is 6.45. The summed E-state index contributed by atoms with van der Waals surface area (Å²) in [5.41, 5.74) is 0. The van der Waals surface area contributed by atoms with Crippen LogP contribution in [0.1, 0.15) is 79.1 Å². The Morgan fingerprint density at radius 3 is 1.18 bits per heavy atom. The lowest BCUT2D eigenvalue weighted by Gasteiger charge is -2.31. The maximum Gasteiger partial charge on any atom is 0.0936 e. The zero-order chi connectivity index (χ0) is 36.7. The Morgan fingerprint density at radius 2 is 0.804 bits per heavy atom. The highest BCUT2D eigenvalue weighted by Gasteiger charge is 2.20. The molecule has 0 aromatic rings. The van der Waals surface area contributed by atoms with Crippen molar-refractivity contribution in [2.24, 2.45) is 0 Å². The van der Waals surface area contributed by atoms with E-state index in [4.69, 9.17) is 42.6 Å². The van der Waals surface area contributed by atoms with Crippen molar-refractivity contribution >= 4 is 15.8 Å². The van der Waals surface area contributed by atoms with Crippen molar-refractivity contribution in [1.29, 1.82) is 0 Å². The minimum atomic E-state index is -0.0425. The lowest BCUT2D eigenvalue weighted by Crippen LogP contribution is -2.40. The predicted octanol–water partition coefficient (Wildman–Crippen LogP) is 6.98. The summed E-state index contributed by atoms with van der Waals surface area (Å²) in [4.78, 5) is 2.72. The van der Waals surface area contributed by atoms with Crippen molar-refractivity contribution in [3.63, 3.8) is 0 Å². The number of hydrogen-bond acceptors (Lipinski definition) is 10. The Morgan fingerprint density at radius 1 is 0.451 bits per heavy atom. The fraction of sp³-hybridized carbons (Fsp3) is 1.00. The van der Waals surface area contributed by atoms with Gasteiger partial charge in [0.05, 0.1) is 65.6 Å². The van der Waals surface area contributed by atoms with E-state index in [9.17, 15) is 0 Å². The van der Waals surface area contributed by atoms with Crippen molar-refractivity contribution in [2.75, 3.05) is 169 Å². The minimum absolute atomic E-state index is 0.00204. The van der Waals surface area contributed by atoms with Gasteiger partial charge in [0.2, 0.25) is 0 Å². The van der Waals surface area contributed by atoms with E-state index < -0.39 is 0 Å². The molecule has 1 saturated heterocycles. The second-order valence-corrected chi connectivity index (χ2v) is 18.4. The summed E-state index contributed by atoms with van der Waals surface area (Å²) < 4.78 is 52.3. The smallest absolute Gasteiger partial charge is 0.0936 e. The molecule has 12 heteroatoms. The normalized spacial score (nSPS) is 17.4. The first-order chi connectivity index (χ1) is 25.2. The maximum absolute atomic E-state index is 6.45. The highest BCUT2D eigenvalue weighted by molar-refractivity contribution is 7.57. The molecule has 0 aliphatic carbocycles. The van der Waals surface area contributed by atoms with Crippen LogP contribution in [0, 0.1) is 0 Å². The molecule has 0 spiro atoms. The molecule has 1 unspecified atom stereocenters. The van der Waals surface area contributed by atoms with Gasteiger partial charge in [-0.1, -0.05) is 0 Å². The molecule has 0 amide bonds. The van der Waals surface area contributed by atoms with Gasteiger partial charge in [0, 0.05) is 72.5 Å². The van der Waals surface area contributed by atoms with Crippen molar-refractivity contribution in [3.8, 4) is 0 Å². The van der Waals surface area contributed by atoms with E-state index in [1.54, 1.807) is 0 Å². The Labute approximate surface area is 316 Å². The number of rotatable bonds is 32. The van der Waals surface area contributed by atoms with E-state index in [2.05, 4.69) is 32.6 Å². The van der Waals surface area contributed by atoms with Crippen LogP contribution in [0.5, 0.6) is 0 Å². The third-order valence-electron chi connectivity index (χ3n) is 8.80. The molecule has 0 radical (unpaired) electrons. The number of unbranched alkanes of at least 4 members (excludes halogenated alkanes) is 4. The molecular weight excluding hydrogens is 688 g/mol. The molecular formula is C39H81NO9P2. The lowest BCUT2D eigenvalue weighted by atomic mass is 10.3. The quantitative estimate of drug-likeness (QED) is 0.0528. The van der Waals surface area contributed by atoms with Crippen LogP contribution in [0.2, 0.25) is 0 Å². The molecule has 1 atom stereocenters. The van der Waals surface area contributed by atoms with Gasteiger partial charge in [0.1, 0.15) is 0 Å². The summed E-state index contributed by atoms with van der Waals surface area (Å²) in [5, 5.41) is 0. The Kier molecular flexibility index (Phi) is 38.9. The van der Waals surface area contributed by atoms with Crippen LogP contribution in [0.15, 0.2) is 0 Å². The second-order valence-electron chi connectivity index (χ2n) is 13.0. The van der Waals surface area contributed by atoms with Crippen LogP contribution in [-0.4, -0.2) is 180 Å². The van der Waals surface area contributed by atoms with Crippen LogP contribution < -0.4 is 0 Å². The van der Waals surface area contributed by atoms with Crippen molar-refractivity contribution in [2.45, 2.75) is 85.2 Å². The van der Waals surface area contributed by atoms with Gasteiger partial charge in [0.25, 0.3) is 0 Å². The molecule has 51 heavy (non-hydrogen) atoms. The summed E-state index contributed by atoms with van der Waals surface area (Å²) in [6.07, 6.45) is 17.6. The molecule has 1 heterocycles. The van der Waals surface area contributed by atoms with E-state index in [0.717, 1.165) is 98.2 Å². The fourth-order valence-corrected chi connectivity index (χ4v) is 11.0. The first-order valence-corrected chi connectivity index (χ1v) is 24.4. The monoisotopic (exact) mass is 770 g/mol. The lowest BCUT2D eigenvalue weighted by molar-refractivity contribution is -0.0559. The highest BCUT2D eigenvalue weighted by Crippen LogP contribution is 2.39. The number of nitrogens with zero attached hydrogens (tertiary/aromatic N) is 1. The van der Waals surface area contributed by atoms with Gasteiger partial charge in [-0.3, -0.25) is 4.90 Å². The third-order valence-corrected chi connectivity index (χ3v) is 14.3. The topological polar surface area (TPSA) is 86.3 Å². The number of ether oxygens (including phenoxy) is 9. The fourth-order valence-electron chi connectivity index (χ4n) is 5.86. The summed E-state index contributed by atoms with van der Waals surface area (Å²) in [6, 6.07) is 0. The Hall–Kier alpha value is 0.460. The third kappa shape index (κ3) is 33.5. The van der Waals surface area contributed by atoms with Crippen molar-refractivity contribution in [1.82, 2.24) is 4.90 Å². The van der Waals surface area contributed by atoms with Gasteiger partial charge < -0.3 is 42.6 Å². The molecule has 306 valence electrons. The van der Waals surface area contributed by atoms with Crippen LogP contribution in [0.25, 0.3) is 0 Å². The van der Waals surface area contributed by atoms with Crippen LogP contribution in [-0.2, 0) is 42.6 Å². The zero-order valence-electron chi connectivity index (χ0n) is 33.6. The van der Waals surface area contributed by atoms with Gasteiger partial charge in [0.15, 0.2) is 0 Å². The van der Waals surface area contributed by atoms with E-state index in [1.807, 2.05) is 0 Å². The van der Waals surface area contributed by atoms with E-state index in [-0.39, 0.29) is 21.9 Å². The molecule has 0 saturated carbocycles. The first kappa shape index (κ1) is 49.5. The predicted molar refractivity (Wildman–Crippen MR) is 215 cm³/mol. The zero-order valence-corrected chi connectivity index (χ0v) is 35.4. The van der Waals surface area contributed by atoms with E-state index in [0.29, 0.717) is 59.5 Å². The average Bonchev–Trinajstić information content (AvgIpc) is 3.15. The van der Waals surface area contributed by atoms with Gasteiger partial charge >= 0.3 is 0 Å². The van der Waals surface area contributed by atoms with Gasteiger partial charge in [-0.2, -0.15) is 0 Å². The van der Waals surface area contributed by atoms with Crippen LogP contribution in [0.3, 0.4) is 0 Å². The average molecular weight is 770 g/mol. The highest BCUT2D eigenvalue weighted by atomic mass is 31.1. The van der Waals surface area contributed by atoms with Gasteiger partial charge in [-0.25, -0.2) is 0 Å². The standard InChI is InChI=1S/C39H81NO9P2/c1-5-41-19-9-13-31-50(32-14-10-20-42-6-2)35-17-40(18-36-51(33-15-11-21-43-7-3)34-16-12-22-44-8-4)37-39-38-48-28-27-46-24-23-45-25-26-47-29-30-49-39/h39H,5-38H2,1-4H3. The Bertz CT molecular complexity index is 609. The minimum Gasteiger partial charge on any atom is -0.382 e. The largest absolute Gasteiger partial charge is 0.382 e. The molecule has 1 fully saturated rings. The van der Waals surface area contributed by atoms with Gasteiger partial charge in [-0.05, 0) is 116 Å². The van der Waals surface area contributed by atoms with Gasteiger partial charge in [-0.15, -0.1) is 15.8 Å². The molecule has 0 aromatic heterocycles. The van der Waals surface area contributed by atoms with Crippen molar-refractivity contribution < 1.29 is 42.6 Å². The van der Waals surface area contributed by atoms with Crippen molar-refractivity contribution in [3.05, 3.63) is 0 Å². The molecule has 10 nitrogen and oxygen atoms in total. The van der Waals surface area contributed by atoms with Crippen LogP contribution >= 0.6 is 15.8 Å². The Balaban J connectivity index is 2.97. The summed E-state index contributed by atoms with van der Waals surface area (Å²) in [6.45, 7) is 23.4. The SMILES string of the molecule is CCOCCCCP(CCCCOCC)CCN(CCP(CCCCOCC)CCCCOCC)CC1COCCOCCOCCOCCO1. The summed E-state index contributed by atoms with van der Waals surface area (Å²) >= 11 is 0. The molecule has 1 aliphatic heterocycles. The number of hydrogen-bond donors (Lipinski definition) is 0. The molecule has 1 aliphatic rings. The molecule has 0 N–H and O–H groups in total.